The van der Waals surface area contributed by atoms with Crippen molar-refractivity contribution in [3.8, 4) is 0 Å². The molecule has 2 rings (SSSR count). The normalized spacial score (nSPS) is 18.3. The molecule has 1 saturated heterocycles. The maximum atomic E-state index is 5.66. The van der Waals surface area contributed by atoms with Crippen molar-refractivity contribution < 1.29 is 9.47 Å². The van der Waals surface area contributed by atoms with Crippen molar-refractivity contribution in [2.24, 2.45) is 5.73 Å². The lowest BCUT2D eigenvalue weighted by Gasteiger charge is -2.09. The number of nitrogens with two attached hydrogens (primary N) is 1. The van der Waals surface area contributed by atoms with Gasteiger partial charge in [-0.05, 0) is 18.6 Å². The van der Waals surface area contributed by atoms with Crippen molar-refractivity contribution in [3.63, 3.8) is 0 Å². The Bertz CT molecular complexity index is 320. The maximum absolute atomic E-state index is 5.66. The number of halogens is 2. The standard InChI is InChI=1S/C11H16N2O2.2ClH/c12-6-9-2-1-3-10(13-9)7-15-11-4-5-14-8-11;;/h1-3,11H,4-8,12H2;2*1H. The number of aromatic nitrogens is 1. The lowest BCUT2D eigenvalue weighted by atomic mass is 10.3. The number of hydrogen-bond acceptors (Lipinski definition) is 4. The van der Waals surface area contributed by atoms with Crippen LogP contribution in [0.1, 0.15) is 17.8 Å². The van der Waals surface area contributed by atoms with Gasteiger partial charge in [-0.15, -0.1) is 24.8 Å². The third-order valence-corrected chi connectivity index (χ3v) is 2.43. The van der Waals surface area contributed by atoms with Crippen LogP contribution in [0.3, 0.4) is 0 Å². The van der Waals surface area contributed by atoms with Crippen LogP contribution in [0.4, 0.5) is 0 Å². The molecule has 2 N–H and O–H groups in total. The maximum Gasteiger partial charge on any atom is 0.0892 e. The minimum Gasteiger partial charge on any atom is -0.379 e. The highest BCUT2D eigenvalue weighted by molar-refractivity contribution is 5.85. The van der Waals surface area contributed by atoms with Gasteiger partial charge in [-0.3, -0.25) is 4.98 Å². The van der Waals surface area contributed by atoms with E-state index in [1.165, 1.54) is 0 Å². The highest BCUT2D eigenvalue weighted by Gasteiger charge is 2.15. The van der Waals surface area contributed by atoms with Gasteiger partial charge in [0.2, 0.25) is 0 Å². The van der Waals surface area contributed by atoms with Gasteiger partial charge in [-0.25, -0.2) is 0 Å². The molecule has 6 heteroatoms. The molecule has 0 aromatic carbocycles. The summed E-state index contributed by atoms with van der Waals surface area (Å²) in [6, 6.07) is 5.83. The van der Waals surface area contributed by atoms with Crippen LogP contribution in [0.2, 0.25) is 0 Å². The Kier molecular flexibility index (Phi) is 8.47. The predicted molar refractivity (Wildman–Crippen MR) is 70.6 cm³/mol. The number of nitrogens with zero attached hydrogens (tertiary/aromatic N) is 1. The van der Waals surface area contributed by atoms with E-state index < -0.39 is 0 Å². The average molecular weight is 281 g/mol. The molecule has 0 aliphatic carbocycles. The fraction of sp³-hybridized carbons (Fsp3) is 0.545. The molecule has 0 radical (unpaired) electrons. The smallest absolute Gasteiger partial charge is 0.0892 e. The molecule has 1 aliphatic heterocycles. The topological polar surface area (TPSA) is 57.4 Å². The van der Waals surface area contributed by atoms with Gasteiger partial charge >= 0.3 is 0 Å². The molecule has 2 heterocycles. The Balaban J connectivity index is 0.00000128. The first-order valence-electron chi connectivity index (χ1n) is 5.22. The monoisotopic (exact) mass is 280 g/mol. The van der Waals surface area contributed by atoms with E-state index in [4.69, 9.17) is 15.2 Å². The zero-order valence-corrected chi connectivity index (χ0v) is 11.1. The van der Waals surface area contributed by atoms with Crippen LogP contribution >= 0.6 is 24.8 Å². The highest BCUT2D eigenvalue weighted by atomic mass is 35.5. The number of hydrogen-bond donors (Lipinski definition) is 1. The molecular weight excluding hydrogens is 263 g/mol. The van der Waals surface area contributed by atoms with Crippen molar-refractivity contribution in [1.82, 2.24) is 4.98 Å². The molecular formula is C11H18Cl2N2O2. The van der Waals surface area contributed by atoms with E-state index in [-0.39, 0.29) is 30.9 Å². The van der Waals surface area contributed by atoms with E-state index in [0.717, 1.165) is 24.4 Å². The fourth-order valence-electron chi connectivity index (χ4n) is 1.57. The molecule has 1 unspecified atom stereocenters. The summed E-state index contributed by atoms with van der Waals surface area (Å²) in [5.74, 6) is 0. The van der Waals surface area contributed by atoms with Crippen LogP contribution < -0.4 is 5.73 Å². The Morgan fingerprint density at radius 1 is 1.35 bits per heavy atom. The number of ether oxygens (including phenoxy) is 2. The summed E-state index contributed by atoms with van der Waals surface area (Å²) in [7, 11) is 0. The summed E-state index contributed by atoms with van der Waals surface area (Å²) in [4.78, 5) is 4.36. The molecule has 0 amide bonds. The van der Waals surface area contributed by atoms with Crippen molar-refractivity contribution in [1.29, 1.82) is 0 Å². The quantitative estimate of drug-likeness (QED) is 0.912. The zero-order valence-electron chi connectivity index (χ0n) is 9.50. The molecule has 0 bridgehead atoms. The first kappa shape index (κ1) is 16.6. The second kappa shape index (κ2) is 8.66. The van der Waals surface area contributed by atoms with Gasteiger partial charge < -0.3 is 15.2 Å². The highest BCUT2D eigenvalue weighted by Crippen LogP contribution is 2.10. The molecule has 1 aromatic heterocycles. The second-order valence-corrected chi connectivity index (χ2v) is 3.62. The summed E-state index contributed by atoms with van der Waals surface area (Å²) in [5, 5.41) is 0. The molecule has 98 valence electrons. The summed E-state index contributed by atoms with van der Waals surface area (Å²) in [6.07, 6.45) is 1.21. The van der Waals surface area contributed by atoms with Gasteiger partial charge in [0.25, 0.3) is 0 Å². The van der Waals surface area contributed by atoms with Gasteiger partial charge in [0.15, 0.2) is 0 Å². The first-order valence-corrected chi connectivity index (χ1v) is 5.22. The summed E-state index contributed by atoms with van der Waals surface area (Å²) < 4.78 is 10.9. The average Bonchev–Trinajstić information content (AvgIpc) is 2.79. The van der Waals surface area contributed by atoms with Crippen LogP contribution in [0.25, 0.3) is 0 Å². The Hall–Kier alpha value is -0.390. The van der Waals surface area contributed by atoms with E-state index in [1.807, 2.05) is 18.2 Å². The Morgan fingerprint density at radius 2 is 2.12 bits per heavy atom. The molecule has 1 aliphatic rings. The van der Waals surface area contributed by atoms with Crippen LogP contribution in [0, 0.1) is 0 Å². The third-order valence-electron chi connectivity index (χ3n) is 2.43. The lowest BCUT2D eigenvalue weighted by molar-refractivity contribution is 0.0301. The van der Waals surface area contributed by atoms with Gasteiger partial charge in [0.05, 0.1) is 30.7 Å². The van der Waals surface area contributed by atoms with Crippen molar-refractivity contribution >= 4 is 24.8 Å². The number of pyridine rings is 1. The Morgan fingerprint density at radius 3 is 2.76 bits per heavy atom. The molecule has 0 spiro atoms. The lowest BCUT2D eigenvalue weighted by Crippen LogP contribution is -2.13. The van der Waals surface area contributed by atoms with Gasteiger partial charge in [0, 0.05) is 13.2 Å². The minimum absolute atomic E-state index is 0. The summed E-state index contributed by atoms with van der Waals surface area (Å²) >= 11 is 0. The van der Waals surface area contributed by atoms with Crippen molar-refractivity contribution in [2.75, 3.05) is 13.2 Å². The molecule has 1 aromatic rings. The summed E-state index contributed by atoms with van der Waals surface area (Å²) in [5.41, 5.74) is 7.35. The van der Waals surface area contributed by atoms with Crippen LogP contribution in [-0.2, 0) is 22.6 Å². The molecule has 1 fully saturated rings. The van der Waals surface area contributed by atoms with E-state index >= 15 is 0 Å². The molecule has 0 saturated carbocycles. The van der Waals surface area contributed by atoms with E-state index in [9.17, 15) is 0 Å². The molecule has 17 heavy (non-hydrogen) atoms. The largest absolute Gasteiger partial charge is 0.379 e. The van der Waals surface area contributed by atoms with Gasteiger partial charge in [0.1, 0.15) is 0 Å². The molecule has 1 atom stereocenters. The Labute approximate surface area is 114 Å². The van der Waals surface area contributed by atoms with Crippen LogP contribution in [-0.4, -0.2) is 24.3 Å². The predicted octanol–water partition coefficient (Wildman–Crippen LogP) is 1.69. The number of rotatable bonds is 4. The van der Waals surface area contributed by atoms with E-state index in [2.05, 4.69) is 4.98 Å². The first-order chi connectivity index (χ1) is 7.38. The minimum atomic E-state index is 0. The third kappa shape index (κ3) is 5.19. The van der Waals surface area contributed by atoms with E-state index in [1.54, 1.807) is 0 Å². The fourth-order valence-corrected chi connectivity index (χ4v) is 1.57. The van der Waals surface area contributed by atoms with Gasteiger partial charge in [-0.2, -0.15) is 0 Å². The van der Waals surface area contributed by atoms with Gasteiger partial charge in [-0.1, -0.05) is 6.07 Å². The zero-order chi connectivity index (χ0) is 10.5. The van der Waals surface area contributed by atoms with Crippen LogP contribution in [0.15, 0.2) is 18.2 Å². The summed E-state index contributed by atoms with van der Waals surface area (Å²) in [6.45, 7) is 2.53. The van der Waals surface area contributed by atoms with Crippen molar-refractivity contribution in [2.45, 2.75) is 25.7 Å². The van der Waals surface area contributed by atoms with Crippen LogP contribution in [0.5, 0.6) is 0 Å². The SMILES string of the molecule is Cl.Cl.NCc1cccc(COC2CCOC2)n1. The second-order valence-electron chi connectivity index (χ2n) is 3.62. The van der Waals surface area contributed by atoms with Crippen molar-refractivity contribution in [3.05, 3.63) is 29.6 Å². The van der Waals surface area contributed by atoms with E-state index in [0.29, 0.717) is 19.8 Å². The molecule has 4 nitrogen and oxygen atoms in total.